The van der Waals surface area contributed by atoms with Gasteiger partial charge in [0, 0.05) is 45.3 Å². The second-order valence-corrected chi connectivity index (χ2v) is 25.1. The van der Waals surface area contributed by atoms with Crippen molar-refractivity contribution in [1.29, 1.82) is 0 Å². The summed E-state index contributed by atoms with van der Waals surface area (Å²) >= 11 is 1.45. The number of benzene rings is 2. The lowest BCUT2D eigenvalue weighted by atomic mass is 10.0. The fourth-order valence-electron chi connectivity index (χ4n) is 11.0. The van der Waals surface area contributed by atoms with E-state index in [9.17, 15) is 62.3 Å². The third-order valence-electron chi connectivity index (χ3n) is 16.0. The molecule has 0 aromatic heterocycles. The highest BCUT2D eigenvalue weighted by Crippen LogP contribution is 2.24. The Hall–Kier alpha value is -8.91. The van der Waals surface area contributed by atoms with Crippen LogP contribution in [0.15, 0.2) is 65.7 Å². The molecule has 0 aliphatic carbocycles. The molecular weight excluding hydrogens is 1250 g/mol. The number of thioether (sulfide) groups is 1. The van der Waals surface area contributed by atoms with Gasteiger partial charge in [0.15, 0.2) is 5.96 Å². The summed E-state index contributed by atoms with van der Waals surface area (Å²) in [5, 5.41) is 21.1. The molecular formula is C63H98N18O13S. The summed E-state index contributed by atoms with van der Waals surface area (Å²) in [4.78, 5) is 185. The largest absolute Gasteiger partial charge is 0.370 e. The SMILES string of the molecule is CSCC[C@H](NC(=O)[C@H](CC(C)C)NC(=O)CNC(=O)[C@@H](Cc1ccccc1)NC(=O)[C@H](Cc1ccccc1)NC(=O)[C@@H](CCC(N)=O)NC(=O)[C@H](CCC(N)=O)NC(=O)[C@H]1CCCN1C(=O)[C@H](CCCCN)NC(=O)[C@H]1CCCN1C(=O)[C@H](N)CCCN=C(N)N)C(N)=O. The summed E-state index contributed by atoms with van der Waals surface area (Å²) in [6, 6.07) is 4.51. The molecule has 2 heterocycles. The summed E-state index contributed by atoms with van der Waals surface area (Å²) in [6.45, 7) is 3.86. The molecule has 0 saturated carbocycles. The van der Waals surface area contributed by atoms with Gasteiger partial charge in [-0.1, -0.05) is 74.5 Å². The first-order valence-electron chi connectivity index (χ1n) is 32.2. The number of unbranched alkanes of at least 4 members (excludes halogenated alkanes) is 1. The number of amides is 13. The van der Waals surface area contributed by atoms with Gasteiger partial charge in [0.2, 0.25) is 76.8 Å². The summed E-state index contributed by atoms with van der Waals surface area (Å²) in [5.41, 5.74) is 40.6. The Bertz CT molecular complexity index is 2960. The predicted octanol–water partition coefficient (Wildman–Crippen LogP) is -3.71. The molecule has 2 aliphatic heterocycles. The van der Waals surface area contributed by atoms with Crippen LogP contribution in [0, 0.1) is 5.92 Å². The minimum atomic E-state index is -1.64. The van der Waals surface area contributed by atoms with E-state index in [0.717, 1.165) is 0 Å². The molecule has 0 radical (unpaired) electrons. The number of likely N-dealkylation sites (tertiary alicyclic amines) is 2. The van der Waals surface area contributed by atoms with Crippen molar-refractivity contribution < 1.29 is 62.3 Å². The summed E-state index contributed by atoms with van der Waals surface area (Å²) in [5.74, 6) is -9.80. The number of primary amides is 3. The lowest BCUT2D eigenvalue weighted by molar-refractivity contribution is -0.144. The molecule has 95 heavy (non-hydrogen) atoms. The molecule has 32 heteroatoms. The Labute approximate surface area is 558 Å². The number of nitrogens with zero attached hydrogens (tertiary/aromatic N) is 3. The number of guanidine groups is 1. The molecule has 13 amide bonds. The van der Waals surface area contributed by atoms with Crippen molar-refractivity contribution in [3.63, 3.8) is 0 Å². The zero-order valence-corrected chi connectivity index (χ0v) is 55.3. The zero-order valence-electron chi connectivity index (χ0n) is 54.5. The van der Waals surface area contributed by atoms with Gasteiger partial charge in [-0.3, -0.25) is 67.3 Å². The van der Waals surface area contributed by atoms with Crippen molar-refractivity contribution in [3.05, 3.63) is 71.8 Å². The standard InChI is InChI=1S/C63H98N18O13S/c1-37(2)33-45(57(89)74-41(53(68)85)27-32-95-3)73-52(84)36-72-54(86)46(34-38-15-6-4-7-16-38)78-58(90)47(35-39-17-8-5-9-18-39)79-56(88)42(23-25-50(66)82)75-55(87)43(24-26-51(67)83)76-59(91)49-22-14-31-81(49)62(94)44(20-10-11-28-64)77-60(92)48-21-13-30-80(48)61(93)40(65)19-12-29-71-63(69)70/h4-9,15-18,37,40-49H,10-14,19-36,64-65H2,1-3H3,(H2,66,82)(H2,67,83)(H2,68,85)(H,72,86)(H,73,84)(H,74,89)(H,75,87)(H,76,91)(H,77,92)(H,78,90)(H,79,88)(H4,69,70,71)/t40-,41+,42-,43+,44+,45+,46-,47+,48-,49-/m1/s1. The van der Waals surface area contributed by atoms with Gasteiger partial charge in [-0.2, -0.15) is 11.8 Å². The molecule has 524 valence electrons. The van der Waals surface area contributed by atoms with Crippen LogP contribution in [0.25, 0.3) is 0 Å². The van der Waals surface area contributed by atoms with Crippen molar-refractivity contribution in [2.24, 2.45) is 51.0 Å². The lowest BCUT2D eigenvalue weighted by Gasteiger charge is -2.32. The topological polar surface area (TPSA) is 519 Å². The Morgan fingerprint density at radius 3 is 1.51 bits per heavy atom. The van der Waals surface area contributed by atoms with Gasteiger partial charge in [0.05, 0.1) is 12.6 Å². The van der Waals surface area contributed by atoms with Gasteiger partial charge in [0.25, 0.3) is 0 Å². The quantitative estimate of drug-likeness (QED) is 0.0173. The number of rotatable bonds is 42. The average Bonchev–Trinajstić information content (AvgIpc) is 1.74. The Balaban J connectivity index is 1.56. The smallest absolute Gasteiger partial charge is 0.245 e. The van der Waals surface area contributed by atoms with Gasteiger partial charge in [-0.15, -0.1) is 0 Å². The van der Waals surface area contributed by atoms with Crippen molar-refractivity contribution >= 4 is 94.5 Å². The van der Waals surface area contributed by atoms with Crippen LogP contribution in [0.1, 0.15) is 121 Å². The molecule has 2 aromatic carbocycles. The number of nitrogens with two attached hydrogens (primary N) is 7. The van der Waals surface area contributed by atoms with E-state index >= 15 is 0 Å². The van der Waals surface area contributed by atoms with Crippen molar-refractivity contribution in [2.75, 3.05) is 44.7 Å². The van der Waals surface area contributed by atoms with E-state index in [2.05, 4.69) is 47.5 Å². The zero-order chi connectivity index (χ0) is 70.1. The number of nitrogens with one attached hydrogen (secondary N) is 8. The van der Waals surface area contributed by atoms with E-state index < -0.39 is 169 Å². The van der Waals surface area contributed by atoms with Crippen LogP contribution in [0.5, 0.6) is 0 Å². The predicted molar refractivity (Wildman–Crippen MR) is 356 cm³/mol. The molecule has 31 nitrogen and oxygen atoms in total. The molecule has 4 rings (SSSR count). The lowest BCUT2D eigenvalue weighted by Crippen LogP contribution is -2.60. The Morgan fingerprint density at radius 2 is 1.01 bits per heavy atom. The van der Waals surface area contributed by atoms with Crippen LogP contribution < -0.4 is 82.7 Å². The molecule has 2 saturated heterocycles. The second-order valence-electron chi connectivity index (χ2n) is 24.1. The molecule has 22 N–H and O–H groups in total. The first kappa shape index (κ1) is 78.5. The average molecular weight is 1350 g/mol. The fraction of sp³-hybridized carbons (Fsp3) is 0.587. The van der Waals surface area contributed by atoms with Crippen molar-refractivity contribution in [2.45, 2.75) is 183 Å². The van der Waals surface area contributed by atoms with E-state index in [4.69, 9.17) is 40.1 Å². The first-order valence-corrected chi connectivity index (χ1v) is 33.6. The van der Waals surface area contributed by atoms with Crippen LogP contribution in [0.3, 0.4) is 0 Å². The highest BCUT2D eigenvalue weighted by molar-refractivity contribution is 7.98. The number of hydrogen-bond donors (Lipinski definition) is 15. The Kier molecular flexibility index (Phi) is 33.9. The number of carbonyl (C=O) groups is 13. The number of carbonyl (C=O) groups excluding carboxylic acids is 13. The maximum atomic E-state index is 14.7. The molecule has 10 atom stereocenters. The minimum Gasteiger partial charge on any atom is -0.370 e. The van der Waals surface area contributed by atoms with Gasteiger partial charge in [0.1, 0.15) is 54.4 Å². The third kappa shape index (κ3) is 27.5. The van der Waals surface area contributed by atoms with Crippen molar-refractivity contribution in [3.8, 4) is 0 Å². The van der Waals surface area contributed by atoms with E-state index in [-0.39, 0.29) is 83.0 Å². The van der Waals surface area contributed by atoms with Gasteiger partial charge in [-0.05, 0) is 119 Å². The summed E-state index contributed by atoms with van der Waals surface area (Å²) < 4.78 is 0. The normalized spacial score (nSPS) is 16.8. The highest BCUT2D eigenvalue weighted by atomic mass is 32.2. The van der Waals surface area contributed by atoms with Gasteiger partial charge < -0.3 is 92.5 Å². The molecule has 0 bridgehead atoms. The van der Waals surface area contributed by atoms with Gasteiger partial charge >= 0.3 is 0 Å². The molecule has 2 aliphatic rings. The number of hydrogen-bond acceptors (Lipinski definition) is 17. The Morgan fingerprint density at radius 1 is 0.537 bits per heavy atom. The molecule has 0 spiro atoms. The summed E-state index contributed by atoms with van der Waals surface area (Å²) in [6.07, 6.45) is 3.12. The van der Waals surface area contributed by atoms with Gasteiger partial charge in [-0.25, -0.2) is 0 Å². The van der Waals surface area contributed by atoms with Crippen LogP contribution in [-0.2, 0) is 75.2 Å². The number of aliphatic imine (C=N–C) groups is 1. The maximum absolute atomic E-state index is 14.7. The summed E-state index contributed by atoms with van der Waals surface area (Å²) in [7, 11) is 0. The van der Waals surface area contributed by atoms with Crippen LogP contribution >= 0.6 is 11.8 Å². The second kappa shape index (κ2) is 41.0. The highest BCUT2D eigenvalue weighted by Gasteiger charge is 2.42. The molecule has 0 unspecified atom stereocenters. The van der Waals surface area contributed by atoms with Crippen LogP contribution in [-0.4, -0.2) is 198 Å². The molecule has 2 fully saturated rings. The van der Waals surface area contributed by atoms with Crippen LogP contribution in [0.4, 0.5) is 0 Å². The van der Waals surface area contributed by atoms with E-state index in [1.165, 1.54) is 21.6 Å². The monoisotopic (exact) mass is 1350 g/mol. The van der Waals surface area contributed by atoms with E-state index in [1.54, 1.807) is 60.7 Å². The van der Waals surface area contributed by atoms with Crippen molar-refractivity contribution in [1.82, 2.24) is 52.3 Å². The third-order valence-corrected chi connectivity index (χ3v) is 16.7. The van der Waals surface area contributed by atoms with Crippen LogP contribution in [0.2, 0.25) is 0 Å². The first-order chi connectivity index (χ1) is 45.2. The van der Waals surface area contributed by atoms with E-state index in [0.29, 0.717) is 55.4 Å². The fourth-order valence-corrected chi connectivity index (χ4v) is 11.5. The minimum absolute atomic E-state index is 0.0736. The maximum Gasteiger partial charge on any atom is 0.245 e. The molecule has 2 aromatic rings. The van der Waals surface area contributed by atoms with E-state index in [1.807, 2.05) is 20.1 Å².